The first-order valence-corrected chi connectivity index (χ1v) is 13.0. The normalized spacial score (nSPS) is 19.5. The maximum Gasteiger partial charge on any atom is 2.00 e. The van der Waals surface area contributed by atoms with Crippen LogP contribution >= 0.6 is 7.92 Å². The van der Waals surface area contributed by atoms with E-state index < -0.39 is 0 Å². The van der Waals surface area contributed by atoms with E-state index in [-0.39, 0.29) is 25.0 Å². The van der Waals surface area contributed by atoms with Crippen molar-refractivity contribution >= 4 is 13.2 Å². The first kappa shape index (κ1) is 24.9. The van der Waals surface area contributed by atoms with Crippen molar-refractivity contribution in [2.24, 2.45) is 0 Å². The molecule has 3 heteroatoms. The molecule has 0 aliphatic heterocycles. The largest absolute Gasteiger partial charge is 2.00 e. The molecule has 2 aliphatic carbocycles. The van der Waals surface area contributed by atoms with Gasteiger partial charge in [-0.15, -0.1) is 10.9 Å². The van der Waals surface area contributed by atoms with Crippen molar-refractivity contribution < 1.29 is 17.1 Å². The summed E-state index contributed by atoms with van der Waals surface area (Å²) in [5.41, 5.74) is 3.66. The minimum absolute atomic E-state index is 0. The number of hydrogen-bond acceptors (Lipinski definition) is 1. The van der Waals surface area contributed by atoms with E-state index in [1.54, 1.807) is 10.9 Å². The van der Waals surface area contributed by atoms with Crippen LogP contribution in [-0.2, 0) is 17.1 Å². The summed E-state index contributed by atoms with van der Waals surface area (Å²) >= 11 is 0. The van der Waals surface area contributed by atoms with Gasteiger partial charge in [0.2, 0.25) is 0 Å². The molecule has 2 saturated carbocycles. The van der Waals surface area contributed by atoms with Gasteiger partial charge in [0.25, 0.3) is 0 Å². The van der Waals surface area contributed by atoms with E-state index in [9.17, 15) is 0 Å². The second kappa shape index (κ2) is 13.1. The van der Waals surface area contributed by atoms with Crippen LogP contribution in [0.25, 0.3) is 0 Å². The molecule has 1 nitrogen and oxygen atoms in total. The first-order chi connectivity index (χ1) is 13.7. The van der Waals surface area contributed by atoms with Crippen molar-refractivity contribution in [3.05, 3.63) is 54.1 Å². The van der Waals surface area contributed by atoms with Gasteiger partial charge in [-0.2, -0.15) is 24.3 Å². The Morgan fingerprint density at radius 1 is 0.897 bits per heavy atom. The standard InChI is InChI=1S/C21H35NP.C5H5.Fe/c1-17(22(2)3)20-15-10-16-21(20)23(18-11-6-4-7-12-18)19-13-8-5-9-14-19;1-2-4-5-3-1;/h10,15-19H,4-9,11-14H2,1-3H3;1-5H;/q2*-1;+2/t17-;;/m0../s1. The summed E-state index contributed by atoms with van der Waals surface area (Å²) in [4.78, 5) is 2.38. The molecule has 1 atom stereocenters. The van der Waals surface area contributed by atoms with Crippen LogP contribution in [0.3, 0.4) is 0 Å². The molecule has 2 aliphatic rings. The van der Waals surface area contributed by atoms with E-state index in [2.05, 4.69) is 44.1 Å². The molecule has 4 rings (SSSR count). The summed E-state index contributed by atoms with van der Waals surface area (Å²) in [6.07, 6.45) is 14.9. The summed E-state index contributed by atoms with van der Waals surface area (Å²) in [6, 6.07) is 17.8. The van der Waals surface area contributed by atoms with E-state index in [1.165, 1.54) is 64.2 Å². The van der Waals surface area contributed by atoms with Crippen LogP contribution in [0.15, 0.2) is 48.5 Å². The molecule has 2 aromatic rings. The fourth-order valence-electron chi connectivity index (χ4n) is 5.02. The predicted molar refractivity (Wildman–Crippen MR) is 126 cm³/mol. The second-order valence-corrected chi connectivity index (χ2v) is 11.7. The van der Waals surface area contributed by atoms with Gasteiger partial charge in [0.15, 0.2) is 0 Å². The molecule has 29 heavy (non-hydrogen) atoms. The zero-order valence-electron chi connectivity index (χ0n) is 18.7. The maximum absolute atomic E-state index is 2.50. The van der Waals surface area contributed by atoms with Crippen LogP contribution in [0.2, 0.25) is 0 Å². The van der Waals surface area contributed by atoms with Gasteiger partial charge in [0.05, 0.1) is 0 Å². The summed E-state index contributed by atoms with van der Waals surface area (Å²) in [6.45, 7) is 2.38. The van der Waals surface area contributed by atoms with Crippen LogP contribution in [0, 0.1) is 0 Å². The Labute approximate surface area is 191 Å². The quantitative estimate of drug-likeness (QED) is 0.263. The van der Waals surface area contributed by atoms with Crippen LogP contribution in [-0.4, -0.2) is 30.3 Å². The van der Waals surface area contributed by atoms with Crippen molar-refractivity contribution in [2.45, 2.75) is 88.5 Å². The van der Waals surface area contributed by atoms with E-state index in [0.717, 1.165) is 11.3 Å². The fraction of sp³-hybridized carbons (Fsp3) is 0.615. The van der Waals surface area contributed by atoms with Crippen molar-refractivity contribution in [1.82, 2.24) is 4.90 Å². The fourth-order valence-corrected chi connectivity index (χ4v) is 9.07. The molecule has 2 fully saturated rings. The molecule has 0 heterocycles. The van der Waals surface area contributed by atoms with Crippen molar-refractivity contribution in [2.75, 3.05) is 14.1 Å². The third kappa shape index (κ3) is 7.07. The molecule has 0 saturated heterocycles. The Bertz CT molecular complexity index is 600. The topological polar surface area (TPSA) is 3.24 Å². The third-order valence-electron chi connectivity index (χ3n) is 6.82. The Morgan fingerprint density at radius 3 is 1.83 bits per heavy atom. The van der Waals surface area contributed by atoms with Crippen LogP contribution in [0.1, 0.15) is 82.7 Å². The Balaban J connectivity index is 0.000000437. The Kier molecular flexibility index (Phi) is 11.2. The molecule has 0 amide bonds. The van der Waals surface area contributed by atoms with Crippen molar-refractivity contribution in [3.8, 4) is 0 Å². The molecule has 2 aromatic carbocycles. The van der Waals surface area contributed by atoms with Gasteiger partial charge in [-0.3, -0.25) is 0 Å². The second-order valence-electron chi connectivity index (χ2n) is 8.96. The van der Waals surface area contributed by atoms with Crippen molar-refractivity contribution in [3.63, 3.8) is 0 Å². The van der Waals surface area contributed by atoms with E-state index >= 15 is 0 Å². The summed E-state index contributed by atoms with van der Waals surface area (Å²) in [7, 11) is 4.49. The SMILES string of the molecule is C[C@@H]([c-]1cccc1P(C1CCCCC1)C1CCCCC1)N(C)C.[Fe+2].c1cc[cH-]c1. The van der Waals surface area contributed by atoms with Gasteiger partial charge in [-0.1, -0.05) is 53.4 Å². The monoisotopic (exact) mass is 453 g/mol. The molecular formula is C26H40FeNP. The van der Waals surface area contributed by atoms with E-state index in [0.29, 0.717) is 6.04 Å². The van der Waals surface area contributed by atoms with Gasteiger partial charge in [0, 0.05) is 0 Å². The summed E-state index contributed by atoms with van der Waals surface area (Å²) < 4.78 is 0. The molecule has 0 N–H and O–H groups in total. The average Bonchev–Trinajstić information content (AvgIpc) is 3.45. The minimum atomic E-state index is 0. The Hall–Kier alpha value is -0.391. The van der Waals surface area contributed by atoms with Gasteiger partial charge < -0.3 is 4.90 Å². The molecule has 0 bridgehead atoms. The molecule has 0 unspecified atom stereocenters. The zero-order chi connectivity index (χ0) is 19.8. The smallest absolute Gasteiger partial charge is 0.314 e. The minimum Gasteiger partial charge on any atom is -0.314 e. The van der Waals surface area contributed by atoms with Gasteiger partial charge in [0.1, 0.15) is 0 Å². The van der Waals surface area contributed by atoms with Crippen LogP contribution < -0.4 is 5.30 Å². The van der Waals surface area contributed by atoms with Crippen LogP contribution in [0.5, 0.6) is 0 Å². The molecular weight excluding hydrogens is 413 g/mol. The molecule has 0 aromatic heterocycles. The van der Waals surface area contributed by atoms with Gasteiger partial charge in [-0.05, 0) is 57.1 Å². The number of rotatable bonds is 5. The van der Waals surface area contributed by atoms with Gasteiger partial charge >= 0.3 is 17.1 Å². The first-order valence-electron chi connectivity index (χ1n) is 11.6. The maximum atomic E-state index is 2.50. The molecule has 0 radical (unpaired) electrons. The summed E-state index contributed by atoms with van der Waals surface area (Å²) in [5.74, 6) is 0. The molecule has 162 valence electrons. The molecule has 0 spiro atoms. The number of hydrogen-bond donors (Lipinski definition) is 0. The predicted octanol–water partition coefficient (Wildman–Crippen LogP) is 7.20. The van der Waals surface area contributed by atoms with Crippen LogP contribution in [0.4, 0.5) is 0 Å². The van der Waals surface area contributed by atoms with Crippen molar-refractivity contribution in [1.29, 1.82) is 0 Å². The third-order valence-corrected chi connectivity index (χ3v) is 10.4. The Morgan fingerprint density at radius 2 is 1.41 bits per heavy atom. The zero-order valence-corrected chi connectivity index (χ0v) is 20.7. The van der Waals surface area contributed by atoms with Gasteiger partial charge in [-0.25, -0.2) is 24.3 Å². The summed E-state index contributed by atoms with van der Waals surface area (Å²) in [5, 5.41) is 1.78. The van der Waals surface area contributed by atoms with E-state index in [1.807, 2.05) is 30.3 Å². The number of nitrogens with zero attached hydrogens (tertiary/aromatic N) is 1. The average molecular weight is 453 g/mol. The van der Waals surface area contributed by atoms with E-state index in [4.69, 9.17) is 0 Å².